The molecular weight excluding hydrogens is 397 g/mol. The fourth-order valence-electron chi connectivity index (χ4n) is 3.18. The standard InChI is InChI=1S/C22H23Cl2NO3/c1-4-22(2,3)15-8-10-16(11-9-15)28-21(27)14-12-19(26)25(13-14)18-7-5-6-17(23)20(18)24/h5-11,14H,4,12-13H2,1-3H3/t14-/m1/s1. The van der Waals surface area contributed by atoms with Crippen molar-refractivity contribution < 1.29 is 14.3 Å². The van der Waals surface area contributed by atoms with Crippen molar-refractivity contribution in [2.75, 3.05) is 11.4 Å². The second-order valence-electron chi connectivity index (χ2n) is 7.66. The summed E-state index contributed by atoms with van der Waals surface area (Å²) in [6.07, 6.45) is 1.10. The van der Waals surface area contributed by atoms with E-state index in [1.165, 1.54) is 10.5 Å². The summed E-state index contributed by atoms with van der Waals surface area (Å²) in [5, 5.41) is 0.675. The van der Waals surface area contributed by atoms with E-state index in [2.05, 4.69) is 20.8 Å². The molecule has 4 nitrogen and oxygen atoms in total. The molecule has 2 aromatic carbocycles. The van der Waals surface area contributed by atoms with Crippen LogP contribution < -0.4 is 9.64 Å². The van der Waals surface area contributed by atoms with Gasteiger partial charge in [0.2, 0.25) is 5.91 Å². The van der Waals surface area contributed by atoms with Crippen molar-refractivity contribution in [3.8, 4) is 5.75 Å². The van der Waals surface area contributed by atoms with E-state index in [9.17, 15) is 9.59 Å². The maximum absolute atomic E-state index is 12.6. The highest BCUT2D eigenvalue weighted by Crippen LogP contribution is 2.36. The highest BCUT2D eigenvalue weighted by molar-refractivity contribution is 6.44. The highest BCUT2D eigenvalue weighted by atomic mass is 35.5. The first-order valence-electron chi connectivity index (χ1n) is 9.29. The summed E-state index contributed by atoms with van der Waals surface area (Å²) in [5.41, 5.74) is 1.77. The third kappa shape index (κ3) is 4.18. The van der Waals surface area contributed by atoms with Crippen LogP contribution in [0.3, 0.4) is 0 Å². The van der Waals surface area contributed by atoms with Crippen LogP contribution in [0.1, 0.15) is 39.2 Å². The Kier molecular flexibility index (Phi) is 6.01. The van der Waals surface area contributed by atoms with E-state index in [1.807, 2.05) is 12.1 Å². The lowest BCUT2D eigenvalue weighted by molar-refractivity contribution is -0.139. The lowest BCUT2D eigenvalue weighted by atomic mass is 9.82. The number of carbonyl (C=O) groups excluding carboxylic acids is 2. The number of nitrogens with zero attached hydrogens (tertiary/aromatic N) is 1. The largest absolute Gasteiger partial charge is 0.426 e. The van der Waals surface area contributed by atoms with Gasteiger partial charge in [0.15, 0.2) is 0 Å². The molecule has 1 fully saturated rings. The third-order valence-corrected chi connectivity index (χ3v) is 6.23. The average molecular weight is 420 g/mol. The van der Waals surface area contributed by atoms with Gasteiger partial charge in [-0.25, -0.2) is 0 Å². The van der Waals surface area contributed by atoms with Crippen LogP contribution in [0.5, 0.6) is 5.75 Å². The fourth-order valence-corrected chi connectivity index (χ4v) is 3.57. The number of hydrogen-bond donors (Lipinski definition) is 0. The minimum atomic E-state index is -0.547. The molecular formula is C22H23Cl2NO3. The van der Waals surface area contributed by atoms with E-state index in [0.717, 1.165) is 6.42 Å². The van der Waals surface area contributed by atoms with Gasteiger partial charge in [-0.1, -0.05) is 62.2 Å². The van der Waals surface area contributed by atoms with Crippen molar-refractivity contribution in [2.24, 2.45) is 5.92 Å². The number of benzene rings is 2. The van der Waals surface area contributed by atoms with Gasteiger partial charge in [-0.05, 0) is 41.7 Å². The summed E-state index contributed by atoms with van der Waals surface area (Å²) < 4.78 is 5.51. The topological polar surface area (TPSA) is 46.6 Å². The zero-order valence-corrected chi connectivity index (χ0v) is 17.7. The Bertz CT molecular complexity index is 893. The Balaban J connectivity index is 1.69. The molecule has 1 aliphatic heterocycles. The Labute approximate surface area is 175 Å². The summed E-state index contributed by atoms with van der Waals surface area (Å²) in [5.74, 6) is -0.663. The molecule has 0 spiro atoms. The van der Waals surface area contributed by atoms with Crippen LogP contribution in [-0.2, 0) is 15.0 Å². The van der Waals surface area contributed by atoms with Crippen molar-refractivity contribution in [1.29, 1.82) is 0 Å². The van der Waals surface area contributed by atoms with Gasteiger partial charge in [-0.3, -0.25) is 9.59 Å². The van der Waals surface area contributed by atoms with Gasteiger partial charge in [0, 0.05) is 13.0 Å². The minimum absolute atomic E-state index is 0.0666. The number of rotatable bonds is 5. The molecule has 0 aliphatic carbocycles. The van der Waals surface area contributed by atoms with E-state index in [4.69, 9.17) is 27.9 Å². The van der Waals surface area contributed by atoms with Crippen molar-refractivity contribution in [3.05, 3.63) is 58.1 Å². The maximum atomic E-state index is 12.6. The van der Waals surface area contributed by atoms with Gasteiger partial charge in [-0.2, -0.15) is 0 Å². The summed E-state index contributed by atoms with van der Waals surface area (Å²) in [7, 11) is 0. The number of esters is 1. The van der Waals surface area contributed by atoms with Gasteiger partial charge in [0.1, 0.15) is 5.75 Å². The van der Waals surface area contributed by atoms with Crippen LogP contribution in [0.15, 0.2) is 42.5 Å². The predicted octanol–water partition coefficient (Wildman–Crippen LogP) is 5.64. The molecule has 0 aromatic heterocycles. The van der Waals surface area contributed by atoms with Crippen molar-refractivity contribution >= 4 is 40.8 Å². The van der Waals surface area contributed by atoms with Crippen LogP contribution in [0.2, 0.25) is 10.0 Å². The normalized spacial score (nSPS) is 17.1. The number of anilines is 1. The van der Waals surface area contributed by atoms with E-state index in [0.29, 0.717) is 21.5 Å². The van der Waals surface area contributed by atoms with E-state index in [1.54, 1.807) is 30.3 Å². The second-order valence-corrected chi connectivity index (χ2v) is 8.45. The molecule has 2 aromatic rings. The molecule has 1 heterocycles. The molecule has 1 saturated heterocycles. The van der Waals surface area contributed by atoms with Crippen molar-refractivity contribution in [3.63, 3.8) is 0 Å². The molecule has 0 bridgehead atoms. The molecule has 1 aliphatic rings. The summed E-state index contributed by atoms with van der Waals surface area (Å²) >= 11 is 12.3. The lowest BCUT2D eigenvalue weighted by Gasteiger charge is -2.23. The van der Waals surface area contributed by atoms with Crippen LogP contribution in [0, 0.1) is 5.92 Å². The Morgan fingerprint density at radius 2 is 1.86 bits per heavy atom. The van der Waals surface area contributed by atoms with Gasteiger partial charge in [-0.15, -0.1) is 0 Å². The maximum Gasteiger partial charge on any atom is 0.316 e. The van der Waals surface area contributed by atoms with E-state index in [-0.39, 0.29) is 24.3 Å². The zero-order valence-electron chi connectivity index (χ0n) is 16.2. The molecule has 3 rings (SSSR count). The smallest absolute Gasteiger partial charge is 0.316 e. The number of carbonyl (C=O) groups is 2. The summed E-state index contributed by atoms with van der Waals surface area (Å²) in [6.45, 7) is 6.71. The molecule has 6 heteroatoms. The number of hydrogen-bond acceptors (Lipinski definition) is 3. The molecule has 148 valence electrons. The zero-order chi connectivity index (χ0) is 20.5. The Morgan fingerprint density at radius 1 is 1.18 bits per heavy atom. The second kappa shape index (κ2) is 8.14. The fraction of sp³-hybridized carbons (Fsp3) is 0.364. The first-order chi connectivity index (χ1) is 13.2. The van der Waals surface area contributed by atoms with Gasteiger partial charge < -0.3 is 9.64 Å². The van der Waals surface area contributed by atoms with Gasteiger partial charge in [0.25, 0.3) is 0 Å². The quantitative estimate of drug-likeness (QED) is 0.465. The van der Waals surface area contributed by atoms with Crippen molar-refractivity contribution in [2.45, 2.75) is 39.0 Å². The van der Waals surface area contributed by atoms with Crippen molar-refractivity contribution in [1.82, 2.24) is 0 Å². The number of ether oxygens (including phenoxy) is 1. The molecule has 1 atom stereocenters. The monoisotopic (exact) mass is 419 g/mol. The van der Waals surface area contributed by atoms with Gasteiger partial charge in [0.05, 0.1) is 21.7 Å². The lowest BCUT2D eigenvalue weighted by Crippen LogP contribution is -2.27. The predicted molar refractivity (Wildman–Crippen MR) is 112 cm³/mol. The average Bonchev–Trinajstić information content (AvgIpc) is 3.06. The SMILES string of the molecule is CCC(C)(C)c1ccc(OC(=O)[C@@H]2CC(=O)N(c3cccc(Cl)c3Cl)C2)cc1. The summed E-state index contributed by atoms with van der Waals surface area (Å²) in [4.78, 5) is 26.5. The molecule has 1 amide bonds. The molecule has 0 radical (unpaired) electrons. The van der Waals surface area contributed by atoms with Gasteiger partial charge >= 0.3 is 5.97 Å². The molecule has 0 N–H and O–H groups in total. The first kappa shape index (κ1) is 20.7. The highest BCUT2D eigenvalue weighted by Gasteiger charge is 2.37. The third-order valence-electron chi connectivity index (χ3n) is 5.42. The van der Waals surface area contributed by atoms with Crippen LogP contribution in [-0.4, -0.2) is 18.4 Å². The molecule has 28 heavy (non-hydrogen) atoms. The van der Waals surface area contributed by atoms with Crippen LogP contribution in [0.25, 0.3) is 0 Å². The first-order valence-corrected chi connectivity index (χ1v) is 10.0. The van der Waals surface area contributed by atoms with E-state index < -0.39 is 11.9 Å². The Hall–Kier alpha value is -2.04. The van der Waals surface area contributed by atoms with Crippen LogP contribution >= 0.6 is 23.2 Å². The Morgan fingerprint density at radius 3 is 2.50 bits per heavy atom. The molecule has 0 unspecified atom stereocenters. The minimum Gasteiger partial charge on any atom is -0.426 e. The summed E-state index contributed by atoms with van der Waals surface area (Å²) in [6, 6.07) is 12.6. The molecule has 0 saturated carbocycles. The van der Waals surface area contributed by atoms with Crippen LogP contribution in [0.4, 0.5) is 5.69 Å². The number of amides is 1. The number of halogens is 2. The van der Waals surface area contributed by atoms with E-state index >= 15 is 0 Å².